The normalized spacial score (nSPS) is 15.3. The summed E-state index contributed by atoms with van der Waals surface area (Å²) in [7, 11) is 1.51. The van der Waals surface area contributed by atoms with E-state index in [1.165, 1.54) is 11.9 Å². The first-order chi connectivity index (χ1) is 8.01. The van der Waals surface area contributed by atoms with Crippen LogP contribution in [-0.2, 0) is 6.42 Å². The lowest BCUT2D eigenvalue weighted by molar-refractivity contribution is 0.220. The number of nitrogens with zero attached hydrogens (tertiary/aromatic N) is 1. The molecule has 1 nitrogen and oxygen atoms in total. The molecule has 1 unspecified atom stereocenters. The minimum Gasteiger partial charge on any atom is -0.289 e. The van der Waals surface area contributed by atoms with Crippen molar-refractivity contribution >= 4 is 0 Å². The van der Waals surface area contributed by atoms with Crippen molar-refractivity contribution in [1.82, 2.24) is 4.90 Å². The highest BCUT2D eigenvalue weighted by Crippen LogP contribution is 2.08. The van der Waals surface area contributed by atoms with Gasteiger partial charge in [0.2, 0.25) is 0 Å². The predicted molar refractivity (Wildman–Crippen MR) is 61.4 cm³/mol. The Morgan fingerprint density at radius 1 is 1.53 bits per heavy atom. The lowest BCUT2D eigenvalue weighted by atomic mass is 10.1. The first-order valence-electron chi connectivity index (χ1n) is 5.82. The summed E-state index contributed by atoms with van der Waals surface area (Å²) in [6.07, 6.45) is 5.54. The third-order valence-electron chi connectivity index (χ3n) is 2.28. The van der Waals surface area contributed by atoms with Crippen LogP contribution in [0.4, 0.5) is 4.39 Å². The number of benzene rings is 1. The second-order valence-corrected chi connectivity index (χ2v) is 3.36. The minimum atomic E-state index is -1.93. The van der Waals surface area contributed by atoms with E-state index < -0.39 is 19.2 Å². The molecule has 0 aliphatic heterocycles. The van der Waals surface area contributed by atoms with E-state index in [0.29, 0.717) is 6.42 Å². The molecule has 15 heavy (non-hydrogen) atoms. The van der Waals surface area contributed by atoms with Crippen LogP contribution >= 0.6 is 0 Å². The SMILES string of the molecule is [2H]C([2H])(C#C)N(C)C(CF)Cc1ccccc1. The van der Waals surface area contributed by atoms with Crippen LogP contribution in [0.2, 0.25) is 0 Å². The molecule has 1 aromatic rings. The molecule has 1 aromatic carbocycles. The van der Waals surface area contributed by atoms with Gasteiger partial charge in [-0.3, -0.25) is 4.90 Å². The Bertz CT molecular complexity index is 386. The topological polar surface area (TPSA) is 3.24 Å². The van der Waals surface area contributed by atoms with Gasteiger partial charge in [-0.15, -0.1) is 6.42 Å². The van der Waals surface area contributed by atoms with Crippen LogP contribution in [0, 0.1) is 12.3 Å². The zero-order chi connectivity index (χ0) is 12.9. The summed E-state index contributed by atoms with van der Waals surface area (Å²) in [5, 5.41) is 0. The minimum absolute atomic E-state index is 0.440. The molecule has 0 saturated heterocycles. The predicted octanol–water partition coefficient (Wildman–Crippen LogP) is 2.13. The Morgan fingerprint density at radius 2 is 2.20 bits per heavy atom. The van der Waals surface area contributed by atoms with Crippen molar-refractivity contribution in [2.75, 3.05) is 20.2 Å². The summed E-state index contributed by atoms with van der Waals surface area (Å²) in [6, 6.07) is 8.87. The van der Waals surface area contributed by atoms with Gasteiger partial charge in [0.05, 0.1) is 9.24 Å². The van der Waals surface area contributed by atoms with E-state index in [1.807, 2.05) is 36.3 Å². The number of halogens is 1. The van der Waals surface area contributed by atoms with Crippen molar-refractivity contribution in [2.45, 2.75) is 12.5 Å². The number of terminal acetylenes is 1. The van der Waals surface area contributed by atoms with E-state index in [9.17, 15) is 4.39 Å². The lowest BCUT2D eigenvalue weighted by Gasteiger charge is -2.23. The third kappa shape index (κ3) is 3.73. The van der Waals surface area contributed by atoms with E-state index >= 15 is 0 Å². The Labute approximate surface area is 93.7 Å². The van der Waals surface area contributed by atoms with Gasteiger partial charge < -0.3 is 0 Å². The van der Waals surface area contributed by atoms with E-state index in [4.69, 9.17) is 9.16 Å². The molecule has 0 bridgehead atoms. The van der Waals surface area contributed by atoms with Crippen LogP contribution in [0.3, 0.4) is 0 Å². The molecule has 0 spiro atoms. The quantitative estimate of drug-likeness (QED) is 0.669. The van der Waals surface area contributed by atoms with Gasteiger partial charge >= 0.3 is 0 Å². The highest BCUT2D eigenvalue weighted by Gasteiger charge is 2.13. The fourth-order valence-electron chi connectivity index (χ4n) is 1.37. The smallest absolute Gasteiger partial charge is 0.105 e. The van der Waals surface area contributed by atoms with Crippen LogP contribution in [-0.4, -0.2) is 31.2 Å². The average Bonchev–Trinajstić information content (AvgIpc) is 2.36. The van der Waals surface area contributed by atoms with Gasteiger partial charge in [-0.2, -0.15) is 0 Å². The third-order valence-corrected chi connectivity index (χ3v) is 2.28. The summed E-state index contributed by atoms with van der Waals surface area (Å²) >= 11 is 0. The van der Waals surface area contributed by atoms with Crippen molar-refractivity contribution in [3.8, 4) is 12.3 Å². The second-order valence-electron chi connectivity index (χ2n) is 3.36. The van der Waals surface area contributed by atoms with Crippen LogP contribution in [0.15, 0.2) is 30.3 Å². The van der Waals surface area contributed by atoms with E-state index in [-0.39, 0.29) is 0 Å². The summed E-state index contributed by atoms with van der Waals surface area (Å²) in [5.74, 6) is 2.03. The monoisotopic (exact) mass is 207 g/mol. The molecule has 0 saturated carbocycles. The Morgan fingerprint density at radius 3 is 2.73 bits per heavy atom. The molecule has 0 radical (unpaired) electrons. The maximum absolute atomic E-state index is 13.0. The van der Waals surface area contributed by atoms with Crippen LogP contribution in [0.1, 0.15) is 8.30 Å². The molecule has 0 aromatic heterocycles. The molecule has 80 valence electrons. The molecule has 1 rings (SSSR count). The second kappa shape index (κ2) is 6.21. The molecular formula is C13H16FN. The molecule has 1 atom stereocenters. The highest BCUT2D eigenvalue weighted by molar-refractivity contribution is 5.16. The number of likely N-dealkylation sites (N-methyl/N-ethyl adjacent to an activating group) is 1. The highest BCUT2D eigenvalue weighted by atomic mass is 19.1. The van der Waals surface area contributed by atoms with Gasteiger partial charge in [-0.25, -0.2) is 4.39 Å². The van der Waals surface area contributed by atoms with Gasteiger partial charge in [0, 0.05) is 6.04 Å². The van der Waals surface area contributed by atoms with Crippen molar-refractivity contribution in [3.05, 3.63) is 35.9 Å². The van der Waals surface area contributed by atoms with Crippen molar-refractivity contribution in [1.29, 1.82) is 0 Å². The molecule has 0 aliphatic rings. The fraction of sp³-hybridized carbons (Fsp3) is 0.385. The van der Waals surface area contributed by atoms with Crippen LogP contribution < -0.4 is 0 Å². The summed E-state index contributed by atoms with van der Waals surface area (Å²) in [4.78, 5) is 1.26. The molecule has 0 aliphatic carbocycles. The zero-order valence-corrected chi connectivity index (χ0v) is 8.78. The Hall–Kier alpha value is -1.33. The molecule has 0 amide bonds. The zero-order valence-electron chi connectivity index (χ0n) is 10.8. The Balaban J connectivity index is 2.77. The summed E-state index contributed by atoms with van der Waals surface area (Å²) in [6.45, 7) is -2.56. The maximum Gasteiger partial charge on any atom is 0.105 e. The van der Waals surface area contributed by atoms with Crippen molar-refractivity contribution in [2.24, 2.45) is 0 Å². The number of hydrogen-bond acceptors (Lipinski definition) is 1. The number of hydrogen-bond donors (Lipinski definition) is 0. The number of rotatable bonds is 5. The van der Waals surface area contributed by atoms with E-state index in [2.05, 4.69) is 0 Å². The van der Waals surface area contributed by atoms with Crippen LogP contribution in [0.5, 0.6) is 0 Å². The van der Waals surface area contributed by atoms with Gasteiger partial charge in [0.15, 0.2) is 0 Å². The van der Waals surface area contributed by atoms with Gasteiger partial charge in [-0.1, -0.05) is 36.3 Å². The van der Waals surface area contributed by atoms with Crippen molar-refractivity contribution in [3.63, 3.8) is 0 Å². The average molecular weight is 207 g/mol. The van der Waals surface area contributed by atoms with Crippen molar-refractivity contribution < 1.29 is 7.13 Å². The maximum atomic E-state index is 13.0. The standard InChI is InChI=1S/C13H16FN/c1-3-9-15(2)13(11-14)10-12-7-5-4-6-8-12/h1,4-8,13H,9-11H2,2H3/i9D2. The Kier molecular flexibility index (Phi) is 3.70. The van der Waals surface area contributed by atoms with Gasteiger partial charge in [-0.05, 0) is 19.0 Å². The molecular weight excluding hydrogens is 189 g/mol. The summed E-state index contributed by atoms with van der Waals surface area (Å²) in [5.41, 5.74) is 0.967. The molecule has 2 heteroatoms. The fourth-order valence-corrected chi connectivity index (χ4v) is 1.37. The molecule has 0 fully saturated rings. The first kappa shape index (κ1) is 8.94. The van der Waals surface area contributed by atoms with E-state index in [0.717, 1.165) is 5.56 Å². The van der Waals surface area contributed by atoms with Gasteiger partial charge in [0.25, 0.3) is 0 Å². The number of alkyl halides is 1. The first-order valence-corrected chi connectivity index (χ1v) is 4.82. The lowest BCUT2D eigenvalue weighted by Crippen LogP contribution is -2.35. The van der Waals surface area contributed by atoms with Crippen LogP contribution in [0.25, 0.3) is 0 Å². The largest absolute Gasteiger partial charge is 0.289 e. The van der Waals surface area contributed by atoms with E-state index in [1.54, 1.807) is 0 Å². The van der Waals surface area contributed by atoms with Gasteiger partial charge in [0.1, 0.15) is 6.67 Å². The summed E-state index contributed by atoms with van der Waals surface area (Å²) < 4.78 is 28.1. The molecule has 0 N–H and O–H groups in total. The molecule has 0 heterocycles.